The van der Waals surface area contributed by atoms with Crippen molar-refractivity contribution in [3.63, 3.8) is 0 Å². The second kappa shape index (κ2) is 4.61. The van der Waals surface area contributed by atoms with Crippen molar-refractivity contribution in [2.45, 2.75) is 19.8 Å². The first-order chi connectivity index (χ1) is 3.85. The minimum atomic E-state index is -0.139. The lowest BCUT2D eigenvalue weighted by Gasteiger charge is -1.98. The highest BCUT2D eigenvalue weighted by Gasteiger charge is 2.00. The molecule has 2 heteroatoms. The van der Waals surface area contributed by atoms with E-state index in [1.807, 2.05) is 13.0 Å². The highest BCUT2D eigenvalue weighted by molar-refractivity contribution is 4.80. The van der Waals surface area contributed by atoms with Crippen molar-refractivity contribution in [2.24, 2.45) is 5.92 Å². The summed E-state index contributed by atoms with van der Waals surface area (Å²) in [5.74, 6) is -0.139. The third-order valence-electron chi connectivity index (χ3n) is 1.04. The van der Waals surface area contributed by atoms with Crippen LogP contribution >= 0.6 is 0 Å². The summed E-state index contributed by atoms with van der Waals surface area (Å²) < 4.78 is 0. The predicted molar refractivity (Wildman–Crippen MR) is 31.1 cm³/mol. The first kappa shape index (κ1) is 7.45. The summed E-state index contributed by atoms with van der Waals surface area (Å²) in [5, 5.41) is 16.7. The lowest BCUT2D eigenvalue weighted by molar-refractivity contribution is 0.249. The zero-order valence-corrected chi connectivity index (χ0v) is 5.09. The van der Waals surface area contributed by atoms with Crippen LogP contribution in [0.4, 0.5) is 0 Å². The van der Waals surface area contributed by atoms with E-state index in [-0.39, 0.29) is 12.5 Å². The summed E-state index contributed by atoms with van der Waals surface area (Å²) in [6, 6.07) is 2.00. The van der Waals surface area contributed by atoms with E-state index in [4.69, 9.17) is 10.4 Å². The van der Waals surface area contributed by atoms with E-state index in [0.29, 0.717) is 0 Å². The van der Waals surface area contributed by atoms with Crippen molar-refractivity contribution < 1.29 is 5.11 Å². The van der Waals surface area contributed by atoms with Crippen LogP contribution in [0, 0.1) is 17.2 Å². The SMILES string of the molecule is CCCC(C#N)CO. The van der Waals surface area contributed by atoms with Gasteiger partial charge in [-0.2, -0.15) is 5.26 Å². The van der Waals surface area contributed by atoms with Crippen molar-refractivity contribution in [1.82, 2.24) is 0 Å². The van der Waals surface area contributed by atoms with E-state index >= 15 is 0 Å². The molecule has 1 atom stereocenters. The molecular formula is C6H11NO. The lowest BCUT2D eigenvalue weighted by Crippen LogP contribution is -2.00. The first-order valence-electron chi connectivity index (χ1n) is 2.85. The van der Waals surface area contributed by atoms with E-state index in [1.165, 1.54) is 0 Å². The molecule has 0 amide bonds. The predicted octanol–water partition coefficient (Wildman–Crippen LogP) is 0.919. The van der Waals surface area contributed by atoms with Crippen molar-refractivity contribution in [2.75, 3.05) is 6.61 Å². The zero-order chi connectivity index (χ0) is 6.41. The van der Waals surface area contributed by atoms with Gasteiger partial charge in [0.25, 0.3) is 0 Å². The number of aliphatic hydroxyl groups excluding tert-OH is 1. The second-order valence-corrected chi connectivity index (χ2v) is 1.80. The normalized spacial score (nSPS) is 12.6. The standard InChI is InChI=1S/C6H11NO/c1-2-3-6(4-7)5-8/h6,8H,2-3,5H2,1H3. The summed E-state index contributed by atoms with van der Waals surface area (Å²) in [6.45, 7) is 2.00. The van der Waals surface area contributed by atoms with Gasteiger partial charge in [0.2, 0.25) is 0 Å². The molecule has 1 N–H and O–H groups in total. The molecule has 8 heavy (non-hydrogen) atoms. The maximum atomic E-state index is 8.43. The highest BCUT2D eigenvalue weighted by atomic mass is 16.3. The summed E-state index contributed by atoms with van der Waals surface area (Å²) in [4.78, 5) is 0. The third-order valence-corrected chi connectivity index (χ3v) is 1.04. The molecule has 0 aliphatic rings. The van der Waals surface area contributed by atoms with Gasteiger partial charge in [0.15, 0.2) is 0 Å². The van der Waals surface area contributed by atoms with Crippen LogP contribution in [0.15, 0.2) is 0 Å². The Morgan fingerprint density at radius 3 is 2.50 bits per heavy atom. The molecule has 0 aliphatic heterocycles. The molecule has 0 aromatic heterocycles. The molecule has 0 aliphatic carbocycles. The largest absolute Gasteiger partial charge is 0.395 e. The van der Waals surface area contributed by atoms with Crippen molar-refractivity contribution in [3.8, 4) is 6.07 Å². The smallest absolute Gasteiger partial charge is 0.0694 e. The van der Waals surface area contributed by atoms with Crippen LogP contribution in [-0.4, -0.2) is 11.7 Å². The second-order valence-electron chi connectivity index (χ2n) is 1.80. The third kappa shape index (κ3) is 2.59. The van der Waals surface area contributed by atoms with Crippen LogP contribution in [0.3, 0.4) is 0 Å². The Bertz CT molecular complexity index is 85.0. The zero-order valence-electron chi connectivity index (χ0n) is 5.09. The molecule has 1 unspecified atom stereocenters. The minimum absolute atomic E-state index is 0.00431. The molecule has 0 radical (unpaired) electrons. The molecule has 0 saturated heterocycles. The molecular weight excluding hydrogens is 102 g/mol. The molecule has 0 aromatic carbocycles. The average Bonchev–Trinajstić information content (AvgIpc) is 1.83. The molecule has 0 aromatic rings. The van der Waals surface area contributed by atoms with Crippen molar-refractivity contribution in [1.29, 1.82) is 5.26 Å². The van der Waals surface area contributed by atoms with Crippen molar-refractivity contribution >= 4 is 0 Å². The number of aliphatic hydroxyl groups is 1. The fraction of sp³-hybridized carbons (Fsp3) is 0.833. The lowest BCUT2D eigenvalue weighted by atomic mass is 10.1. The average molecular weight is 113 g/mol. The Morgan fingerprint density at radius 1 is 1.75 bits per heavy atom. The fourth-order valence-electron chi connectivity index (χ4n) is 0.545. The van der Waals surface area contributed by atoms with E-state index in [9.17, 15) is 0 Å². The minimum Gasteiger partial charge on any atom is -0.395 e. The Balaban J connectivity index is 3.26. The van der Waals surface area contributed by atoms with Gasteiger partial charge in [-0.3, -0.25) is 0 Å². The molecule has 0 spiro atoms. The quantitative estimate of drug-likeness (QED) is 0.591. The number of rotatable bonds is 3. The van der Waals surface area contributed by atoms with Crippen molar-refractivity contribution in [3.05, 3.63) is 0 Å². The summed E-state index contributed by atoms with van der Waals surface area (Å²) in [6.07, 6.45) is 1.78. The number of nitriles is 1. The van der Waals surface area contributed by atoms with E-state index in [1.54, 1.807) is 0 Å². The molecule has 0 heterocycles. The van der Waals surface area contributed by atoms with Gasteiger partial charge in [-0.1, -0.05) is 13.3 Å². The summed E-state index contributed by atoms with van der Waals surface area (Å²) in [7, 11) is 0. The van der Waals surface area contributed by atoms with Crippen LogP contribution in [0.5, 0.6) is 0 Å². The van der Waals surface area contributed by atoms with Gasteiger partial charge in [0.05, 0.1) is 18.6 Å². The molecule has 0 bridgehead atoms. The van der Waals surface area contributed by atoms with Gasteiger partial charge < -0.3 is 5.11 Å². The molecule has 0 rings (SSSR count). The van der Waals surface area contributed by atoms with Crippen LogP contribution in [0.25, 0.3) is 0 Å². The number of hydrogen-bond acceptors (Lipinski definition) is 2. The number of hydrogen-bond donors (Lipinski definition) is 1. The van der Waals surface area contributed by atoms with Crippen LogP contribution in [0.1, 0.15) is 19.8 Å². The molecule has 0 saturated carbocycles. The Labute approximate surface area is 49.8 Å². The summed E-state index contributed by atoms with van der Waals surface area (Å²) in [5.41, 5.74) is 0. The fourth-order valence-corrected chi connectivity index (χ4v) is 0.545. The van der Waals surface area contributed by atoms with Gasteiger partial charge in [-0.05, 0) is 6.42 Å². The Hall–Kier alpha value is -0.550. The van der Waals surface area contributed by atoms with E-state index in [2.05, 4.69) is 0 Å². The van der Waals surface area contributed by atoms with Crippen LogP contribution in [-0.2, 0) is 0 Å². The molecule has 2 nitrogen and oxygen atoms in total. The summed E-state index contributed by atoms with van der Waals surface area (Å²) >= 11 is 0. The van der Waals surface area contributed by atoms with Crippen LogP contribution < -0.4 is 0 Å². The molecule has 0 fully saturated rings. The first-order valence-corrected chi connectivity index (χ1v) is 2.85. The number of nitrogens with zero attached hydrogens (tertiary/aromatic N) is 1. The van der Waals surface area contributed by atoms with Gasteiger partial charge in [-0.15, -0.1) is 0 Å². The van der Waals surface area contributed by atoms with E-state index in [0.717, 1.165) is 12.8 Å². The monoisotopic (exact) mass is 113 g/mol. The van der Waals surface area contributed by atoms with E-state index < -0.39 is 0 Å². The molecule has 46 valence electrons. The van der Waals surface area contributed by atoms with Gasteiger partial charge in [0, 0.05) is 0 Å². The Kier molecular flexibility index (Phi) is 4.29. The van der Waals surface area contributed by atoms with Crippen LogP contribution in [0.2, 0.25) is 0 Å². The van der Waals surface area contributed by atoms with Gasteiger partial charge >= 0.3 is 0 Å². The maximum absolute atomic E-state index is 8.43. The maximum Gasteiger partial charge on any atom is 0.0694 e. The topological polar surface area (TPSA) is 44.0 Å². The Morgan fingerprint density at radius 2 is 2.38 bits per heavy atom. The van der Waals surface area contributed by atoms with Gasteiger partial charge in [0.1, 0.15) is 0 Å². The highest BCUT2D eigenvalue weighted by Crippen LogP contribution is 2.01. The van der Waals surface area contributed by atoms with Gasteiger partial charge in [-0.25, -0.2) is 0 Å².